The van der Waals surface area contributed by atoms with Crippen molar-refractivity contribution in [3.05, 3.63) is 0 Å². The molecule has 12 heteroatoms. The number of unbranched alkanes of at least 4 members (excludes halogenated alkanes) is 1. The van der Waals surface area contributed by atoms with E-state index in [0.717, 1.165) is 0 Å². The fourth-order valence-electron chi connectivity index (χ4n) is 3.12. The van der Waals surface area contributed by atoms with E-state index in [0.29, 0.717) is 25.8 Å². The van der Waals surface area contributed by atoms with Crippen LogP contribution in [0.15, 0.2) is 0 Å². The highest BCUT2D eigenvalue weighted by Crippen LogP contribution is 2.09. The van der Waals surface area contributed by atoms with Gasteiger partial charge in [-0.3, -0.25) is 19.2 Å². The van der Waals surface area contributed by atoms with Crippen LogP contribution in [0.3, 0.4) is 0 Å². The van der Waals surface area contributed by atoms with Gasteiger partial charge in [0.15, 0.2) is 0 Å². The number of aliphatic carboxylic acids is 2. The first kappa shape index (κ1) is 31.3. The quantitative estimate of drug-likeness (QED) is 0.132. The molecule has 0 heterocycles. The van der Waals surface area contributed by atoms with Gasteiger partial charge in [-0.25, -0.2) is 4.79 Å². The highest BCUT2D eigenvalue weighted by Gasteiger charge is 2.31. The molecule has 0 aliphatic rings. The summed E-state index contributed by atoms with van der Waals surface area (Å²) in [5, 5.41) is 25.9. The molecule has 0 radical (unpaired) electrons. The number of rotatable bonds is 17. The molecule has 0 fully saturated rings. The molecule has 0 aromatic rings. The van der Waals surface area contributed by atoms with Gasteiger partial charge in [0.25, 0.3) is 0 Å². The van der Waals surface area contributed by atoms with Crippen LogP contribution in [0.4, 0.5) is 0 Å². The van der Waals surface area contributed by atoms with Crippen molar-refractivity contribution in [3.8, 4) is 0 Å². The number of hydrogen-bond acceptors (Lipinski definition) is 7. The van der Waals surface area contributed by atoms with Gasteiger partial charge in [0.1, 0.15) is 18.1 Å². The number of carbonyl (C=O) groups is 5. The Labute approximate surface area is 200 Å². The highest BCUT2D eigenvalue weighted by molar-refractivity contribution is 5.94. The third kappa shape index (κ3) is 11.4. The third-order valence-corrected chi connectivity index (χ3v) is 5.65. The van der Waals surface area contributed by atoms with Crippen LogP contribution in [-0.4, -0.2) is 70.6 Å². The third-order valence-electron chi connectivity index (χ3n) is 5.65. The summed E-state index contributed by atoms with van der Waals surface area (Å²) in [6, 6.07) is -4.37. The lowest BCUT2D eigenvalue weighted by Gasteiger charge is -2.26. The van der Waals surface area contributed by atoms with Crippen LogP contribution >= 0.6 is 0 Å². The minimum Gasteiger partial charge on any atom is -0.481 e. The van der Waals surface area contributed by atoms with Gasteiger partial charge in [0, 0.05) is 6.42 Å². The predicted molar refractivity (Wildman–Crippen MR) is 125 cm³/mol. The summed E-state index contributed by atoms with van der Waals surface area (Å²) >= 11 is 0. The van der Waals surface area contributed by atoms with Gasteiger partial charge in [0.05, 0.1) is 6.04 Å². The minimum atomic E-state index is -1.23. The summed E-state index contributed by atoms with van der Waals surface area (Å²) in [6.07, 6.45) is 1.28. The Morgan fingerprint density at radius 3 is 1.82 bits per heavy atom. The van der Waals surface area contributed by atoms with E-state index >= 15 is 0 Å². The minimum absolute atomic E-state index is 0.165. The molecule has 9 N–H and O–H groups in total. The second-order valence-corrected chi connectivity index (χ2v) is 8.82. The molecule has 5 atom stereocenters. The standard InChI is InChI=1S/C22H41N5O7/c1-5-13(4)17(24)21(32)26-15(9-10-16(28)29)19(30)25-14(8-6-7-11-23)20(31)27-18(12(2)3)22(33)34/h12-15,17-18H,5-11,23-24H2,1-4H3,(H,25,30)(H,26,32)(H,27,31)(H,28,29)(H,33,34). The lowest BCUT2D eigenvalue weighted by molar-refractivity contribution is -0.143. The van der Waals surface area contributed by atoms with Gasteiger partial charge in [0.2, 0.25) is 17.7 Å². The van der Waals surface area contributed by atoms with Gasteiger partial charge in [-0.05, 0) is 44.1 Å². The molecule has 0 spiro atoms. The zero-order valence-electron chi connectivity index (χ0n) is 20.5. The van der Waals surface area contributed by atoms with Gasteiger partial charge in [-0.1, -0.05) is 34.1 Å². The molecular formula is C22H41N5O7. The Hall–Kier alpha value is -2.73. The summed E-state index contributed by atoms with van der Waals surface area (Å²) in [5.74, 6) is -4.97. The summed E-state index contributed by atoms with van der Waals surface area (Å²) in [5.41, 5.74) is 11.4. The van der Waals surface area contributed by atoms with E-state index in [1.54, 1.807) is 20.8 Å². The average molecular weight is 488 g/mol. The lowest BCUT2D eigenvalue weighted by atomic mass is 9.98. The van der Waals surface area contributed by atoms with Crippen molar-refractivity contribution in [1.82, 2.24) is 16.0 Å². The number of amides is 3. The van der Waals surface area contributed by atoms with Crippen LogP contribution in [0, 0.1) is 11.8 Å². The van der Waals surface area contributed by atoms with Crippen LogP contribution in [0.2, 0.25) is 0 Å². The molecule has 0 saturated carbocycles. The maximum Gasteiger partial charge on any atom is 0.326 e. The van der Waals surface area contributed by atoms with E-state index in [-0.39, 0.29) is 18.8 Å². The average Bonchev–Trinajstić information content (AvgIpc) is 2.77. The highest BCUT2D eigenvalue weighted by atomic mass is 16.4. The van der Waals surface area contributed by atoms with E-state index < -0.39 is 66.2 Å². The van der Waals surface area contributed by atoms with E-state index in [1.165, 1.54) is 0 Å². The van der Waals surface area contributed by atoms with Crippen LogP contribution in [0.1, 0.15) is 66.2 Å². The molecule has 12 nitrogen and oxygen atoms in total. The molecule has 0 saturated heterocycles. The summed E-state index contributed by atoms with van der Waals surface area (Å²) < 4.78 is 0. The van der Waals surface area contributed by atoms with Gasteiger partial charge in [-0.15, -0.1) is 0 Å². The number of carboxylic acids is 2. The smallest absolute Gasteiger partial charge is 0.326 e. The molecule has 196 valence electrons. The molecule has 0 rings (SSSR count). The first-order valence-corrected chi connectivity index (χ1v) is 11.7. The summed E-state index contributed by atoms with van der Waals surface area (Å²) in [4.78, 5) is 60.8. The number of nitrogens with one attached hydrogen (secondary N) is 3. The Morgan fingerprint density at radius 2 is 1.35 bits per heavy atom. The molecule has 0 aromatic carbocycles. The van der Waals surface area contributed by atoms with Crippen molar-refractivity contribution in [2.45, 2.75) is 90.4 Å². The van der Waals surface area contributed by atoms with Crippen molar-refractivity contribution in [2.24, 2.45) is 23.3 Å². The molecule has 0 bridgehead atoms. The molecule has 5 unspecified atom stereocenters. The maximum atomic E-state index is 13.0. The summed E-state index contributed by atoms with van der Waals surface area (Å²) in [6.45, 7) is 7.29. The van der Waals surface area contributed by atoms with Gasteiger partial charge >= 0.3 is 11.9 Å². The van der Waals surface area contributed by atoms with Crippen LogP contribution in [0.5, 0.6) is 0 Å². The lowest BCUT2D eigenvalue weighted by Crippen LogP contribution is -2.58. The van der Waals surface area contributed by atoms with E-state index in [4.69, 9.17) is 16.6 Å². The first-order valence-electron chi connectivity index (χ1n) is 11.7. The second-order valence-electron chi connectivity index (χ2n) is 8.82. The largest absolute Gasteiger partial charge is 0.481 e. The fraction of sp³-hybridized carbons (Fsp3) is 0.773. The Morgan fingerprint density at radius 1 is 0.824 bits per heavy atom. The first-order chi connectivity index (χ1) is 15.8. The summed E-state index contributed by atoms with van der Waals surface area (Å²) in [7, 11) is 0. The molecule has 0 aliphatic carbocycles. The zero-order chi connectivity index (χ0) is 26.4. The van der Waals surface area contributed by atoms with Crippen molar-refractivity contribution < 1.29 is 34.2 Å². The van der Waals surface area contributed by atoms with E-state index in [1.807, 2.05) is 6.92 Å². The number of carboxylic acid groups (broad SMARTS) is 2. The van der Waals surface area contributed by atoms with Crippen molar-refractivity contribution >= 4 is 29.7 Å². The van der Waals surface area contributed by atoms with Crippen LogP contribution in [0.25, 0.3) is 0 Å². The Balaban J connectivity index is 5.60. The Kier molecular flexibility index (Phi) is 14.7. The Bertz CT molecular complexity index is 701. The molecule has 3 amide bonds. The van der Waals surface area contributed by atoms with E-state index in [9.17, 15) is 29.1 Å². The van der Waals surface area contributed by atoms with Gasteiger partial charge < -0.3 is 37.6 Å². The van der Waals surface area contributed by atoms with Crippen LogP contribution < -0.4 is 27.4 Å². The van der Waals surface area contributed by atoms with Crippen molar-refractivity contribution in [2.75, 3.05) is 6.54 Å². The number of hydrogen-bond donors (Lipinski definition) is 7. The predicted octanol–water partition coefficient (Wildman–Crippen LogP) is -0.451. The maximum absolute atomic E-state index is 13.0. The topological polar surface area (TPSA) is 214 Å². The molecule has 0 aromatic heterocycles. The molecular weight excluding hydrogens is 446 g/mol. The van der Waals surface area contributed by atoms with E-state index in [2.05, 4.69) is 16.0 Å². The molecule has 34 heavy (non-hydrogen) atoms. The second kappa shape index (κ2) is 16.0. The van der Waals surface area contributed by atoms with Crippen LogP contribution in [-0.2, 0) is 24.0 Å². The molecule has 0 aliphatic heterocycles. The monoisotopic (exact) mass is 487 g/mol. The normalized spacial score (nSPS) is 15.5. The van der Waals surface area contributed by atoms with Crippen molar-refractivity contribution in [3.63, 3.8) is 0 Å². The fourth-order valence-corrected chi connectivity index (χ4v) is 3.12. The SMILES string of the molecule is CCC(C)C(N)C(=O)NC(CCC(=O)O)C(=O)NC(CCCCN)C(=O)NC(C(=O)O)C(C)C. The van der Waals surface area contributed by atoms with Gasteiger partial charge in [-0.2, -0.15) is 0 Å². The van der Waals surface area contributed by atoms with Crippen molar-refractivity contribution in [1.29, 1.82) is 0 Å². The zero-order valence-corrected chi connectivity index (χ0v) is 20.5. The number of nitrogens with two attached hydrogens (primary N) is 2. The number of carbonyl (C=O) groups excluding carboxylic acids is 3.